The molecule has 5 nitrogen and oxygen atoms in total. The highest BCUT2D eigenvalue weighted by Gasteiger charge is 2.47. The Kier molecular flexibility index (Phi) is 3.58. The number of carbonyl (C=O) groups excluding carboxylic acids is 2. The Hall–Kier alpha value is -1.53. The second-order valence-corrected chi connectivity index (χ2v) is 5.87. The van der Waals surface area contributed by atoms with Gasteiger partial charge in [-0.15, -0.1) is 0 Å². The number of rotatable bonds is 3. The maximum absolute atomic E-state index is 12.0. The van der Waals surface area contributed by atoms with Gasteiger partial charge in [0.2, 0.25) is 4.93 Å². The van der Waals surface area contributed by atoms with E-state index in [0.717, 1.165) is 0 Å². The first kappa shape index (κ1) is 12.9. The third kappa shape index (κ3) is 2.34. The predicted molar refractivity (Wildman–Crippen MR) is 67.4 cm³/mol. The zero-order valence-electron chi connectivity index (χ0n) is 9.84. The standard InChI is InChI=1S/C12H13NO4S/c1-12(17-7-8-18(12)16)10(14)11(15)13-9-5-3-2-4-6-9/h2-6H,7-8H2,1H3,(H,13,15)/t12-,18+/m0/s1. The van der Waals surface area contributed by atoms with Gasteiger partial charge in [0.25, 0.3) is 11.7 Å². The van der Waals surface area contributed by atoms with Crippen LogP contribution in [0.5, 0.6) is 0 Å². The van der Waals surface area contributed by atoms with E-state index in [1.165, 1.54) is 6.92 Å². The second-order valence-electron chi connectivity index (χ2n) is 3.99. The summed E-state index contributed by atoms with van der Waals surface area (Å²) in [6, 6.07) is 8.62. The van der Waals surface area contributed by atoms with Crippen molar-refractivity contribution in [3.8, 4) is 0 Å². The zero-order chi connectivity index (χ0) is 13.2. The normalized spacial score (nSPS) is 26.8. The number of ether oxygens (including phenoxy) is 1. The van der Waals surface area contributed by atoms with Crippen LogP contribution in [0.4, 0.5) is 5.69 Å². The summed E-state index contributed by atoms with van der Waals surface area (Å²) in [4.78, 5) is 22.2. The Balaban J connectivity index is 2.10. The third-order valence-corrected chi connectivity index (χ3v) is 4.44. The van der Waals surface area contributed by atoms with Gasteiger partial charge < -0.3 is 10.1 Å². The molecule has 0 unspecified atom stereocenters. The highest BCUT2D eigenvalue weighted by molar-refractivity contribution is 7.87. The molecule has 96 valence electrons. The van der Waals surface area contributed by atoms with Crippen LogP contribution in [0.15, 0.2) is 30.3 Å². The van der Waals surface area contributed by atoms with Gasteiger partial charge in [0.15, 0.2) is 0 Å². The number of nitrogens with one attached hydrogen (secondary N) is 1. The van der Waals surface area contributed by atoms with E-state index in [1.807, 2.05) is 0 Å². The van der Waals surface area contributed by atoms with Crippen molar-refractivity contribution in [3.63, 3.8) is 0 Å². The van der Waals surface area contributed by atoms with Gasteiger partial charge in [-0.1, -0.05) is 18.2 Å². The number of benzene rings is 1. The molecule has 1 aromatic rings. The van der Waals surface area contributed by atoms with Crippen LogP contribution in [-0.4, -0.2) is 33.2 Å². The lowest BCUT2D eigenvalue weighted by molar-refractivity contribution is -0.142. The predicted octanol–water partition coefficient (Wildman–Crippen LogP) is 0.689. The number of carbonyl (C=O) groups is 2. The summed E-state index contributed by atoms with van der Waals surface area (Å²) in [5.74, 6) is -1.33. The van der Waals surface area contributed by atoms with Gasteiger partial charge in [0.05, 0.1) is 23.2 Å². The first-order valence-corrected chi connectivity index (χ1v) is 6.79. The zero-order valence-corrected chi connectivity index (χ0v) is 10.7. The van der Waals surface area contributed by atoms with Crippen LogP contribution in [0, 0.1) is 0 Å². The Morgan fingerprint density at radius 3 is 2.56 bits per heavy atom. The molecule has 6 heteroatoms. The molecule has 0 aromatic heterocycles. The molecular formula is C12H13NO4S. The first-order chi connectivity index (χ1) is 8.54. The molecular weight excluding hydrogens is 254 g/mol. The molecule has 0 radical (unpaired) electrons. The molecule has 1 N–H and O–H groups in total. The number of para-hydroxylation sites is 1. The highest BCUT2D eigenvalue weighted by Crippen LogP contribution is 2.24. The maximum Gasteiger partial charge on any atom is 0.295 e. The fourth-order valence-corrected chi connectivity index (χ4v) is 2.80. The van der Waals surface area contributed by atoms with Gasteiger partial charge in [-0.05, 0) is 19.1 Å². The fourth-order valence-electron chi connectivity index (χ4n) is 1.66. The lowest BCUT2D eigenvalue weighted by Crippen LogP contribution is -2.45. The van der Waals surface area contributed by atoms with Crippen LogP contribution in [0.1, 0.15) is 6.92 Å². The summed E-state index contributed by atoms with van der Waals surface area (Å²) in [6.07, 6.45) is 0. The average Bonchev–Trinajstić information content (AvgIpc) is 2.71. The maximum atomic E-state index is 12.0. The van der Waals surface area contributed by atoms with E-state index in [1.54, 1.807) is 30.3 Å². The molecule has 1 heterocycles. The van der Waals surface area contributed by atoms with Crippen LogP contribution in [0.3, 0.4) is 0 Å². The van der Waals surface area contributed by atoms with Gasteiger partial charge in [-0.25, -0.2) is 0 Å². The summed E-state index contributed by atoms with van der Waals surface area (Å²) >= 11 is 0. The van der Waals surface area contributed by atoms with Crippen molar-refractivity contribution in [3.05, 3.63) is 30.3 Å². The van der Waals surface area contributed by atoms with Gasteiger partial charge in [-0.3, -0.25) is 13.8 Å². The quantitative estimate of drug-likeness (QED) is 0.818. The van der Waals surface area contributed by atoms with Crippen LogP contribution >= 0.6 is 0 Å². The minimum atomic E-state index is -1.52. The first-order valence-electron chi connectivity index (χ1n) is 5.47. The van der Waals surface area contributed by atoms with Gasteiger partial charge in [0.1, 0.15) is 0 Å². The molecule has 18 heavy (non-hydrogen) atoms. The summed E-state index contributed by atoms with van der Waals surface area (Å²) in [6.45, 7) is 1.62. The number of hydrogen-bond donors (Lipinski definition) is 1. The smallest absolute Gasteiger partial charge is 0.295 e. The molecule has 1 amide bonds. The van der Waals surface area contributed by atoms with Crippen LogP contribution < -0.4 is 5.32 Å². The number of ketones is 1. The summed E-state index contributed by atoms with van der Waals surface area (Å²) in [5.41, 5.74) is 0.517. The fraction of sp³-hybridized carbons (Fsp3) is 0.333. The largest absolute Gasteiger partial charge is 0.353 e. The Labute approximate surface area is 107 Å². The van der Waals surface area contributed by atoms with Crippen molar-refractivity contribution in [1.29, 1.82) is 0 Å². The van der Waals surface area contributed by atoms with Crippen LogP contribution in [0.25, 0.3) is 0 Å². The van der Waals surface area contributed by atoms with Gasteiger partial charge in [0, 0.05) is 5.69 Å². The van der Waals surface area contributed by atoms with E-state index >= 15 is 0 Å². The molecule has 1 aliphatic rings. The van der Waals surface area contributed by atoms with E-state index in [2.05, 4.69) is 5.32 Å². The lowest BCUT2D eigenvalue weighted by Gasteiger charge is -2.19. The molecule has 1 fully saturated rings. The second kappa shape index (κ2) is 4.99. The number of hydrogen-bond acceptors (Lipinski definition) is 4. The van der Waals surface area contributed by atoms with Crippen molar-refractivity contribution in [2.45, 2.75) is 11.9 Å². The van der Waals surface area contributed by atoms with Crippen molar-refractivity contribution >= 4 is 28.2 Å². The Morgan fingerprint density at radius 1 is 1.33 bits per heavy atom. The number of amides is 1. The van der Waals surface area contributed by atoms with E-state index < -0.39 is 27.4 Å². The van der Waals surface area contributed by atoms with Gasteiger partial charge in [-0.2, -0.15) is 0 Å². The minimum Gasteiger partial charge on any atom is -0.353 e. The minimum absolute atomic E-state index is 0.230. The summed E-state index contributed by atoms with van der Waals surface area (Å²) in [7, 11) is -1.47. The van der Waals surface area contributed by atoms with Crippen LogP contribution in [0.2, 0.25) is 0 Å². The van der Waals surface area contributed by atoms with E-state index in [0.29, 0.717) is 5.69 Å². The summed E-state index contributed by atoms with van der Waals surface area (Å²) in [5, 5.41) is 2.46. The van der Waals surface area contributed by atoms with Gasteiger partial charge >= 0.3 is 0 Å². The van der Waals surface area contributed by atoms with E-state index in [-0.39, 0.29) is 12.4 Å². The SMILES string of the molecule is C[C@]1(C(=O)C(=O)Nc2ccccc2)OCC[S@]1=O. The number of anilines is 1. The molecule has 0 saturated carbocycles. The molecule has 0 aliphatic carbocycles. The van der Waals surface area contributed by atoms with E-state index in [4.69, 9.17) is 4.74 Å². The molecule has 2 atom stereocenters. The van der Waals surface area contributed by atoms with E-state index in [9.17, 15) is 13.8 Å². The Bertz CT molecular complexity index is 502. The van der Waals surface area contributed by atoms with Crippen molar-refractivity contribution in [2.24, 2.45) is 0 Å². The molecule has 0 spiro atoms. The molecule has 1 aromatic carbocycles. The van der Waals surface area contributed by atoms with Crippen molar-refractivity contribution in [1.82, 2.24) is 0 Å². The third-order valence-electron chi connectivity index (χ3n) is 2.73. The monoisotopic (exact) mass is 267 g/mol. The van der Waals surface area contributed by atoms with Crippen molar-refractivity contribution < 1.29 is 18.5 Å². The molecule has 1 aliphatic heterocycles. The van der Waals surface area contributed by atoms with Crippen molar-refractivity contribution in [2.75, 3.05) is 17.7 Å². The topological polar surface area (TPSA) is 72.5 Å². The molecule has 0 bridgehead atoms. The van der Waals surface area contributed by atoms with Crippen LogP contribution in [-0.2, 0) is 25.1 Å². The lowest BCUT2D eigenvalue weighted by atomic mass is 10.2. The molecule has 2 rings (SSSR count). The Morgan fingerprint density at radius 2 is 2.00 bits per heavy atom. The average molecular weight is 267 g/mol. The number of Topliss-reactive ketones (excluding diaryl/α,β-unsaturated/α-hetero) is 1. The highest BCUT2D eigenvalue weighted by atomic mass is 32.2. The summed E-state index contributed by atoms with van der Waals surface area (Å²) < 4.78 is 16.8. The molecule has 1 saturated heterocycles.